The molecule has 0 spiro atoms. The fourth-order valence-electron chi connectivity index (χ4n) is 9.30. The molecular weight excluding hydrogens is 873 g/mol. The van der Waals surface area contributed by atoms with E-state index in [1.54, 1.807) is 36.4 Å². The minimum absolute atomic E-state index is 0.00403. The third-order valence-electron chi connectivity index (χ3n) is 12.7. The number of hydrogen-bond acceptors (Lipinski definition) is 14. The molecule has 8 rings (SSSR count). The van der Waals surface area contributed by atoms with Gasteiger partial charge in [0.2, 0.25) is 17.8 Å². The van der Waals surface area contributed by atoms with Gasteiger partial charge in [-0.2, -0.15) is 4.98 Å². The average Bonchev–Trinajstić information content (AvgIpc) is 3.68. The molecule has 4 aliphatic rings. The van der Waals surface area contributed by atoms with Gasteiger partial charge in [0, 0.05) is 86.8 Å². The number of rotatable bonds is 15. The van der Waals surface area contributed by atoms with Crippen LogP contribution in [-0.4, -0.2) is 135 Å². The van der Waals surface area contributed by atoms with E-state index in [9.17, 15) is 22.8 Å². The van der Waals surface area contributed by atoms with E-state index in [0.29, 0.717) is 46.1 Å². The van der Waals surface area contributed by atoms with Gasteiger partial charge in [0.15, 0.2) is 21.6 Å². The Balaban J connectivity index is 0.785. The predicted octanol–water partition coefficient (Wildman–Crippen LogP) is 5.63. The Bertz CT molecular complexity index is 2540. The largest absolute Gasteiger partial charge is 0.494 e. The van der Waals surface area contributed by atoms with E-state index in [1.807, 2.05) is 30.2 Å². The van der Waals surface area contributed by atoms with Gasteiger partial charge >= 0.3 is 0 Å². The maximum absolute atomic E-state index is 13.7. The van der Waals surface area contributed by atoms with E-state index in [-0.39, 0.29) is 49.6 Å². The lowest BCUT2D eigenvalue weighted by molar-refractivity contribution is -0.136. The van der Waals surface area contributed by atoms with Crippen LogP contribution in [0.15, 0.2) is 71.8 Å². The fraction of sp³-hybridized carbons (Fsp3) is 0.435. The van der Waals surface area contributed by atoms with E-state index in [2.05, 4.69) is 67.2 Å². The lowest BCUT2D eigenvalue weighted by Crippen LogP contribution is -2.53. The van der Waals surface area contributed by atoms with Gasteiger partial charge in [0.25, 0.3) is 0 Å². The van der Waals surface area contributed by atoms with Crippen molar-refractivity contribution < 1.29 is 27.5 Å². The number of piperidine rings is 2. The molecule has 4 aromatic rings. The molecule has 64 heavy (non-hydrogen) atoms. The first-order chi connectivity index (χ1) is 30.9. The highest BCUT2D eigenvalue weighted by molar-refractivity contribution is 7.91. The van der Waals surface area contributed by atoms with E-state index < -0.39 is 21.8 Å². The highest BCUT2D eigenvalue weighted by Crippen LogP contribution is 2.39. The maximum Gasteiger partial charge on any atom is 0.249 e. The van der Waals surface area contributed by atoms with Gasteiger partial charge in [-0.1, -0.05) is 49.9 Å². The summed E-state index contributed by atoms with van der Waals surface area (Å²) in [4.78, 5) is 54.8. The van der Waals surface area contributed by atoms with Crippen LogP contribution in [0.4, 0.5) is 28.8 Å². The van der Waals surface area contributed by atoms with Crippen molar-refractivity contribution in [2.45, 2.75) is 62.0 Å². The van der Waals surface area contributed by atoms with Crippen LogP contribution in [0.25, 0.3) is 5.70 Å². The molecule has 3 fully saturated rings. The zero-order valence-corrected chi connectivity index (χ0v) is 38.9. The SMILES string of the molecule is COc1cc(N2CCC(N3CCN(CCCCS(=O)(=O)c4cccc5c4CN(C4CCC(=O)NC4=O)C5=C=O)CC3)CC2)ccc1Nc1ncc(Cl)c(Nc2ccccc2P(C)C)n1. The normalized spacial score (nSPS) is 18.8. The van der Waals surface area contributed by atoms with Crippen LogP contribution >= 0.6 is 19.5 Å². The number of anilines is 5. The van der Waals surface area contributed by atoms with Crippen molar-refractivity contribution in [2.75, 3.05) is 87.5 Å². The number of ether oxygens (including phenoxy) is 1. The third-order valence-corrected chi connectivity index (χ3v) is 16.2. The van der Waals surface area contributed by atoms with Crippen LogP contribution in [0.2, 0.25) is 5.02 Å². The van der Waals surface area contributed by atoms with E-state index in [1.165, 1.54) is 5.30 Å². The van der Waals surface area contributed by atoms with Crippen molar-refractivity contribution in [3.05, 3.63) is 83.0 Å². The Morgan fingerprint density at radius 2 is 1.72 bits per heavy atom. The molecule has 338 valence electrons. The molecule has 5 heterocycles. The van der Waals surface area contributed by atoms with Gasteiger partial charge < -0.3 is 30.1 Å². The van der Waals surface area contributed by atoms with Crippen LogP contribution in [0.5, 0.6) is 5.75 Å². The standard InChI is InChI=1S/C46H55ClN9O6PS/c1-62-40-27-32(13-14-36(40)50-46-48-28-35(47)44(52-46)49-37-10-4-5-11-41(37)63(2)3)54-20-17-31(18-21-54)55-24-22-53(23-25-55)19-6-7-26-64(60,61)42-12-8-9-33-34(42)29-56(39(33)30-57)38-15-16-43(58)51-45(38)59/h4-5,8-14,27-28,31,38H,6-7,15-26,29H2,1-3H3,(H,51,58,59)(H2,48,49,50,52). The molecule has 0 bridgehead atoms. The number of carbonyl (C=O) groups excluding carboxylic acids is 3. The minimum atomic E-state index is -3.66. The number of amides is 2. The summed E-state index contributed by atoms with van der Waals surface area (Å²) in [6.45, 7) is 11.1. The highest BCUT2D eigenvalue weighted by atomic mass is 35.5. The van der Waals surface area contributed by atoms with Crippen LogP contribution in [0.1, 0.15) is 49.7 Å². The van der Waals surface area contributed by atoms with Crippen molar-refractivity contribution in [3.63, 3.8) is 0 Å². The van der Waals surface area contributed by atoms with Crippen molar-refractivity contribution in [1.29, 1.82) is 0 Å². The number of halogens is 1. The van der Waals surface area contributed by atoms with Crippen LogP contribution in [-0.2, 0) is 30.8 Å². The lowest BCUT2D eigenvalue weighted by atomic mass is 10.0. The van der Waals surface area contributed by atoms with Crippen molar-refractivity contribution in [3.8, 4) is 5.75 Å². The summed E-state index contributed by atoms with van der Waals surface area (Å²) in [7, 11) is -2.32. The summed E-state index contributed by atoms with van der Waals surface area (Å²) in [5.74, 6) is 2.71. The van der Waals surface area contributed by atoms with Crippen molar-refractivity contribution in [1.82, 2.24) is 30.0 Å². The van der Waals surface area contributed by atoms with Gasteiger partial charge in [-0.05, 0) is 81.5 Å². The Kier molecular flexibility index (Phi) is 14.2. The first-order valence-corrected chi connectivity index (χ1v) is 26.1. The number of nitrogens with one attached hydrogen (secondary N) is 3. The number of hydrogen-bond donors (Lipinski definition) is 3. The number of benzene rings is 3. The number of imide groups is 1. The summed E-state index contributed by atoms with van der Waals surface area (Å²) < 4.78 is 33.2. The zero-order chi connectivity index (χ0) is 45.0. The molecule has 3 aromatic carbocycles. The average molecular weight is 928 g/mol. The molecule has 15 nitrogen and oxygen atoms in total. The smallest absolute Gasteiger partial charge is 0.249 e. The Morgan fingerprint density at radius 3 is 2.45 bits per heavy atom. The Morgan fingerprint density at radius 1 is 0.938 bits per heavy atom. The predicted molar refractivity (Wildman–Crippen MR) is 253 cm³/mol. The molecule has 2 amide bonds. The molecule has 3 saturated heterocycles. The minimum Gasteiger partial charge on any atom is -0.494 e. The molecule has 0 radical (unpaired) electrons. The van der Waals surface area contributed by atoms with Gasteiger partial charge in [0.1, 0.15) is 22.5 Å². The number of carbonyl (C=O) groups is 2. The molecule has 0 saturated carbocycles. The van der Waals surface area contributed by atoms with Gasteiger partial charge in [-0.25, -0.2) is 18.2 Å². The molecule has 18 heteroatoms. The molecule has 1 aromatic heterocycles. The number of sulfone groups is 1. The first kappa shape index (κ1) is 45.5. The topological polar surface area (TPSA) is 169 Å². The van der Waals surface area contributed by atoms with Crippen molar-refractivity contribution in [2.24, 2.45) is 0 Å². The second-order valence-electron chi connectivity index (χ2n) is 16.9. The monoisotopic (exact) mass is 927 g/mol. The molecular formula is C46H55ClN9O6PS. The quantitative estimate of drug-likeness (QED) is 0.0581. The van der Waals surface area contributed by atoms with E-state index in [4.69, 9.17) is 21.3 Å². The number of fused-ring (bicyclic) bond motifs is 1. The fourth-order valence-corrected chi connectivity index (χ4v) is 12.1. The van der Waals surface area contributed by atoms with Gasteiger partial charge in [0.05, 0.1) is 29.6 Å². The second kappa shape index (κ2) is 20.0. The van der Waals surface area contributed by atoms with E-state index >= 15 is 0 Å². The lowest BCUT2D eigenvalue weighted by Gasteiger charge is -2.43. The van der Waals surface area contributed by atoms with Crippen LogP contribution in [0.3, 0.4) is 0 Å². The third kappa shape index (κ3) is 10.1. The Labute approximate surface area is 381 Å². The summed E-state index contributed by atoms with van der Waals surface area (Å²) in [5.41, 5.74) is 3.98. The zero-order valence-electron chi connectivity index (χ0n) is 36.5. The molecule has 1 unspecified atom stereocenters. The molecule has 4 aliphatic heterocycles. The summed E-state index contributed by atoms with van der Waals surface area (Å²) in [6.07, 6.45) is 5.40. The number of methoxy groups -OCH3 is 1. The van der Waals surface area contributed by atoms with Crippen LogP contribution < -0.4 is 30.9 Å². The number of aromatic nitrogens is 2. The highest BCUT2D eigenvalue weighted by Gasteiger charge is 2.40. The molecule has 1 atom stereocenters. The van der Waals surface area contributed by atoms with Crippen LogP contribution in [0, 0.1) is 0 Å². The summed E-state index contributed by atoms with van der Waals surface area (Å²) in [6, 6.07) is 19.1. The summed E-state index contributed by atoms with van der Waals surface area (Å²) >= 11 is 6.52. The first-order valence-electron chi connectivity index (χ1n) is 21.8. The van der Waals surface area contributed by atoms with Gasteiger partial charge in [-0.3, -0.25) is 19.8 Å². The van der Waals surface area contributed by atoms with Crippen molar-refractivity contribution >= 4 is 86.9 Å². The number of para-hydroxylation sites is 1. The second-order valence-corrected chi connectivity index (χ2v) is 21.6. The molecule has 0 aliphatic carbocycles. The Hall–Kier alpha value is -5.08. The summed E-state index contributed by atoms with van der Waals surface area (Å²) in [5, 5.41) is 10.7. The number of piperazine rings is 1. The number of nitrogens with zero attached hydrogens (tertiary/aromatic N) is 6. The maximum atomic E-state index is 13.7. The van der Waals surface area contributed by atoms with E-state index in [0.717, 1.165) is 82.1 Å². The molecule has 3 N–H and O–H groups in total. The number of unbranched alkanes of at least 4 members (excludes halogenated alkanes) is 1. The van der Waals surface area contributed by atoms with Gasteiger partial charge in [-0.15, -0.1) is 0 Å².